The summed E-state index contributed by atoms with van der Waals surface area (Å²) in [6.07, 6.45) is -4.92. The van der Waals surface area contributed by atoms with Crippen molar-refractivity contribution in [3.05, 3.63) is 27.2 Å². The van der Waals surface area contributed by atoms with Crippen molar-refractivity contribution in [1.29, 1.82) is 0 Å². The van der Waals surface area contributed by atoms with Crippen LogP contribution in [0, 0.1) is 0 Å². The molecule has 7 heteroatoms. The molecule has 2 nitrogen and oxygen atoms in total. The Labute approximate surface area is 102 Å². The first-order chi connectivity index (χ1) is 7.27. The number of benzene rings is 1. The molecule has 0 heterocycles. The van der Waals surface area contributed by atoms with Crippen molar-refractivity contribution < 1.29 is 22.7 Å². The molecule has 0 saturated carbocycles. The van der Waals surface area contributed by atoms with Gasteiger partial charge in [-0.25, -0.2) is 0 Å². The first kappa shape index (κ1) is 13.3. The fraction of sp³-hybridized carbons (Fsp3) is 0.222. The molecule has 1 aromatic carbocycles. The van der Waals surface area contributed by atoms with Crippen molar-refractivity contribution in [2.75, 3.05) is 7.11 Å². The van der Waals surface area contributed by atoms with Crippen LogP contribution in [-0.2, 0) is 0 Å². The third-order valence-electron chi connectivity index (χ3n) is 1.73. The van der Waals surface area contributed by atoms with Gasteiger partial charge >= 0.3 is 6.18 Å². The number of hydrogen-bond donors (Lipinski definition) is 0. The Balaban J connectivity index is 3.27. The minimum atomic E-state index is -4.92. The summed E-state index contributed by atoms with van der Waals surface area (Å²) < 4.78 is 41.4. The first-order valence-corrected chi connectivity index (χ1v) is 5.09. The van der Waals surface area contributed by atoms with Gasteiger partial charge < -0.3 is 4.74 Å². The number of Topliss-reactive ketones (excluding diaryl/α,β-unsaturated/α-hetero) is 1. The Morgan fingerprint density at radius 3 is 2.44 bits per heavy atom. The van der Waals surface area contributed by atoms with Gasteiger partial charge in [0.2, 0.25) is 0 Å². The van der Waals surface area contributed by atoms with Gasteiger partial charge in [0, 0.05) is 10.0 Å². The SMILES string of the molecule is COc1cc(C(=O)C(F)(F)F)cc(Br)c1Cl. The van der Waals surface area contributed by atoms with Gasteiger partial charge in [-0.1, -0.05) is 11.6 Å². The maximum atomic E-state index is 12.2. The van der Waals surface area contributed by atoms with Crippen molar-refractivity contribution in [3.8, 4) is 5.75 Å². The highest BCUT2D eigenvalue weighted by atomic mass is 79.9. The van der Waals surface area contributed by atoms with E-state index in [9.17, 15) is 18.0 Å². The third kappa shape index (κ3) is 2.68. The zero-order chi connectivity index (χ0) is 12.5. The summed E-state index contributed by atoms with van der Waals surface area (Å²) in [4.78, 5) is 11.0. The van der Waals surface area contributed by atoms with Crippen LogP contribution in [0.4, 0.5) is 13.2 Å². The van der Waals surface area contributed by atoms with Crippen molar-refractivity contribution in [2.45, 2.75) is 6.18 Å². The number of carbonyl (C=O) groups excluding carboxylic acids is 1. The van der Waals surface area contributed by atoms with Crippen LogP contribution in [0.3, 0.4) is 0 Å². The fourth-order valence-corrected chi connectivity index (χ4v) is 1.64. The van der Waals surface area contributed by atoms with E-state index in [2.05, 4.69) is 15.9 Å². The van der Waals surface area contributed by atoms with E-state index >= 15 is 0 Å². The fourth-order valence-electron chi connectivity index (χ4n) is 1.01. The normalized spacial score (nSPS) is 11.4. The summed E-state index contributed by atoms with van der Waals surface area (Å²) in [6.45, 7) is 0. The molecular formula is C9H5BrClF3O2. The van der Waals surface area contributed by atoms with Gasteiger partial charge in [-0.2, -0.15) is 13.2 Å². The van der Waals surface area contributed by atoms with E-state index < -0.39 is 17.5 Å². The number of ketones is 1. The molecule has 1 aromatic rings. The molecule has 0 bridgehead atoms. The lowest BCUT2D eigenvalue weighted by Crippen LogP contribution is -2.22. The van der Waals surface area contributed by atoms with Gasteiger partial charge in [0.1, 0.15) is 5.75 Å². The highest BCUT2D eigenvalue weighted by Gasteiger charge is 2.39. The van der Waals surface area contributed by atoms with E-state index in [1.807, 2.05) is 0 Å². The van der Waals surface area contributed by atoms with Crippen LogP contribution in [0.1, 0.15) is 10.4 Å². The van der Waals surface area contributed by atoms with Crippen molar-refractivity contribution in [1.82, 2.24) is 0 Å². The smallest absolute Gasteiger partial charge is 0.454 e. The largest absolute Gasteiger partial charge is 0.495 e. The Bertz CT molecular complexity index is 431. The quantitative estimate of drug-likeness (QED) is 0.774. The van der Waals surface area contributed by atoms with Crippen LogP contribution < -0.4 is 4.74 Å². The van der Waals surface area contributed by atoms with Gasteiger partial charge in [0.15, 0.2) is 0 Å². The number of alkyl halides is 3. The van der Waals surface area contributed by atoms with Gasteiger partial charge in [0.05, 0.1) is 12.1 Å². The van der Waals surface area contributed by atoms with Crippen molar-refractivity contribution >= 4 is 33.3 Å². The summed E-state index contributed by atoms with van der Waals surface area (Å²) in [7, 11) is 1.25. The van der Waals surface area contributed by atoms with E-state index in [4.69, 9.17) is 16.3 Å². The molecule has 0 N–H and O–H groups in total. The van der Waals surface area contributed by atoms with Crippen LogP contribution in [0.2, 0.25) is 5.02 Å². The lowest BCUT2D eigenvalue weighted by atomic mass is 10.1. The van der Waals surface area contributed by atoms with E-state index in [-0.39, 0.29) is 15.2 Å². The number of methoxy groups -OCH3 is 1. The highest BCUT2D eigenvalue weighted by Crippen LogP contribution is 2.35. The van der Waals surface area contributed by atoms with Crippen LogP contribution in [0.15, 0.2) is 16.6 Å². The minimum Gasteiger partial charge on any atom is -0.495 e. The molecule has 0 aliphatic heterocycles. The molecule has 88 valence electrons. The Kier molecular flexibility index (Phi) is 3.85. The average molecular weight is 317 g/mol. The molecule has 0 aliphatic rings. The predicted octanol–water partition coefficient (Wildman–Crippen LogP) is 3.86. The van der Waals surface area contributed by atoms with Crippen LogP contribution in [-0.4, -0.2) is 19.1 Å². The number of halogens is 5. The molecule has 1 rings (SSSR count). The molecule has 0 saturated heterocycles. The summed E-state index contributed by atoms with van der Waals surface area (Å²) in [5.41, 5.74) is -0.527. The predicted molar refractivity (Wildman–Crippen MR) is 56.1 cm³/mol. The van der Waals surface area contributed by atoms with E-state index in [0.717, 1.165) is 12.1 Å². The van der Waals surface area contributed by atoms with Crippen molar-refractivity contribution in [3.63, 3.8) is 0 Å². The van der Waals surface area contributed by atoms with E-state index in [1.165, 1.54) is 7.11 Å². The first-order valence-electron chi connectivity index (χ1n) is 3.92. The molecule has 0 amide bonds. The van der Waals surface area contributed by atoms with Crippen LogP contribution in [0.5, 0.6) is 5.75 Å². The Morgan fingerprint density at radius 2 is 2.00 bits per heavy atom. The Hall–Kier alpha value is -0.750. The summed E-state index contributed by atoms with van der Waals surface area (Å²) in [6, 6.07) is 1.95. The standard InChI is InChI=1S/C9H5BrClF3O2/c1-16-6-3-4(2-5(10)7(6)11)8(15)9(12,13)14/h2-3H,1H3. The lowest BCUT2D eigenvalue weighted by molar-refractivity contribution is -0.0885. The van der Waals surface area contributed by atoms with Gasteiger partial charge in [-0.15, -0.1) is 0 Å². The maximum Gasteiger partial charge on any atom is 0.454 e. The molecule has 0 radical (unpaired) electrons. The number of rotatable bonds is 2. The molecule has 0 fully saturated rings. The second-order valence-corrected chi connectivity index (χ2v) is 4.03. The van der Waals surface area contributed by atoms with E-state index in [0.29, 0.717) is 0 Å². The van der Waals surface area contributed by atoms with Gasteiger partial charge in [0.25, 0.3) is 5.78 Å². The molecule has 0 aliphatic carbocycles. The molecule has 16 heavy (non-hydrogen) atoms. The molecule has 0 unspecified atom stereocenters. The maximum absolute atomic E-state index is 12.2. The number of hydrogen-bond acceptors (Lipinski definition) is 2. The summed E-state index contributed by atoms with van der Waals surface area (Å²) >= 11 is 8.66. The van der Waals surface area contributed by atoms with Gasteiger partial charge in [-0.05, 0) is 28.1 Å². The number of ether oxygens (including phenoxy) is 1. The van der Waals surface area contributed by atoms with Crippen LogP contribution >= 0.6 is 27.5 Å². The monoisotopic (exact) mass is 316 g/mol. The second kappa shape index (κ2) is 4.63. The summed E-state index contributed by atoms with van der Waals surface area (Å²) in [5, 5.41) is 0.112. The average Bonchev–Trinajstić information content (AvgIpc) is 2.19. The highest BCUT2D eigenvalue weighted by molar-refractivity contribution is 9.10. The van der Waals surface area contributed by atoms with Crippen LogP contribution in [0.25, 0.3) is 0 Å². The van der Waals surface area contributed by atoms with Gasteiger partial charge in [-0.3, -0.25) is 4.79 Å². The van der Waals surface area contributed by atoms with Crippen molar-refractivity contribution in [2.24, 2.45) is 0 Å². The topological polar surface area (TPSA) is 26.3 Å². The molecular weight excluding hydrogens is 312 g/mol. The molecule has 0 aromatic heterocycles. The lowest BCUT2D eigenvalue weighted by Gasteiger charge is -2.09. The summed E-state index contributed by atoms with van der Waals surface area (Å²) in [5.74, 6) is -1.94. The molecule has 0 spiro atoms. The zero-order valence-electron chi connectivity index (χ0n) is 7.86. The molecule has 0 atom stereocenters. The number of carbonyl (C=O) groups is 1. The second-order valence-electron chi connectivity index (χ2n) is 2.80. The minimum absolute atomic E-state index is 0.00337. The third-order valence-corrected chi connectivity index (χ3v) is 2.98. The Morgan fingerprint density at radius 1 is 1.44 bits per heavy atom. The van der Waals surface area contributed by atoms with E-state index in [1.54, 1.807) is 0 Å². The zero-order valence-corrected chi connectivity index (χ0v) is 10.2.